The first-order chi connectivity index (χ1) is 11.6. The molecule has 0 aliphatic carbocycles. The number of nitrogens with zero attached hydrogens (tertiary/aromatic N) is 1. The molecule has 138 valence electrons. The van der Waals surface area contributed by atoms with E-state index in [-0.39, 0.29) is 17.7 Å². The second-order valence-electron chi connectivity index (χ2n) is 7.23. The Morgan fingerprint density at radius 3 is 1.96 bits per heavy atom. The fourth-order valence-electron chi connectivity index (χ4n) is 2.75. The van der Waals surface area contributed by atoms with E-state index in [1.165, 1.54) is 12.3 Å². The van der Waals surface area contributed by atoms with Crippen molar-refractivity contribution < 1.29 is 12.6 Å². The molecule has 1 aromatic carbocycles. The van der Waals surface area contributed by atoms with Crippen LogP contribution in [-0.4, -0.2) is 21.3 Å². The number of allylic oxidation sites excluding steroid dienone is 1. The molecule has 6 heteroatoms. The SMILES string of the molecule is CC(C)c1cc(C(C)C)c(S(=O)(=O)OC2=CC=NCN2)c(C(C)C)c1. The van der Waals surface area contributed by atoms with Crippen LogP contribution in [0, 0.1) is 0 Å². The van der Waals surface area contributed by atoms with Gasteiger partial charge in [-0.05, 0) is 34.4 Å². The van der Waals surface area contributed by atoms with Crippen molar-refractivity contribution in [3.8, 4) is 0 Å². The summed E-state index contributed by atoms with van der Waals surface area (Å²) in [6.45, 7) is 12.6. The van der Waals surface area contributed by atoms with E-state index in [1.807, 2.05) is 39.8 Å². The van der Waals surface area contributed by atoms with E-state index in [1.54, 1.807) is 0 Å². The quantitative estimate of drug-likeness (QED) is 0.767. The van der Waals surface area contributed by atoms with Crippen LogP contribution in [0.1, 0.15) is 76.0 Å². The minimum atomic E-state index is -3.95. The maximum absolute atomic E-state index is 13.1. The summed E-state index contributed by atoms with van der Waals surface area (Å²) in [4.78, 5) is 4.26. The zero-order chi connectivity index (χ0) is 18.8. The van der Waals surface area contributed by atoms with Crippen LogP contribution < -0.4 is 5.32 Å². The van der Waals surface area contributed by atoms with Gasteiger partial charge < -0.3 is 9.50 Å². The Bertz CT molecular complexity index is 762. The van der Waals surface area contributed by atoms with Gasteiger partial charge in [0.05, 0.1) is 0 Å². The average Bonchev–Trinajstić information content (AvgIpc) is 2.53. The molecule has 2 rings (SSSR count). The van der Waals surface area contributed by atoms with E-state index in [2.05, 4.69) is 24.2 Å². The van der Waals surface area contributed by atoms with Gasteiger partial charge in [0.2, 0.25) is 5.88 Å². The molecule has 1 aliphatic rings. The van der Waals surface area contributed by atoms with Crippen LogP contribution in [-0.2, 0) is 14.3 Å². The third-order valence-electron chi connectivity index (χ3n) is 4.20. The van der Waals surface area contributed by atoms with Gasteiger partial charge in [-0.2, -0.15) is 8.42 Å². The van der Waals surface area contributed by atoms with Crippen LogP contribution >= 0.6 is 0 Å². The first kappa shape index (κ1) is 19.5. The normalized spacial score (nSPS) is 14.8. The Morgan fingerprint density at radius 1 is 1.00 bits per heavy atom. The lowest BCUT2D eigenvalue weighted by Crippen LogP contribution is -2.23. The zero-order valence-electron chi connectivity index (χ0n) is 15.8. The minimum absolute atomic E-state index is 0.0689. The highest BCUT2D eigenvalue weighted by Crippen LogP contribution is 2.36. The number of nitrogens with one attached hydrogen (secondary N) is 1. The molecule has 0 fully saturated rings. The largest absolute Gasteiger partial charge is 0.360 e. The van der Waals surface area contributed by atoms with Crippen molar-refractivity contribution in [1.29, 1.82) is 0 Å². The van der Waals surface area contributed by atoms with Crippen LogP contribution in [0.25, 0.3) is 0 Å². The highest BCUT2D eigenvalue weighted by molar-refractivity contribution is 7.87. The molecule has 0 unspecified atom stereocenters. The molecule has 0 aromatic heterocycles. The van der Waals surface area contributed by atoms with Gasteiger partial charge in [-0.15, -0.1) is 0 Å². The lowest BCUT2D eigenvalue weighted by Gasteiger charge is -2.23. The van der Waals surface area contributed by atoms with Crippen molar-refractivity contribution in [2.45, 2.75) is 64.2 Å². The van der Waals surface area contributed by atoms with E-state index in [4.69, 9.17) is 4.18 Å². The molecular formula is C19H28N2O3S. The Labute approximate surface area is 151 Å². The van der Waals surface area contributed by atoms with Gasteiger partial charge in [-0.3, -0.25) is 4.99 Å². The van der Waals surface area contributed by atoms with Gasteiger partial charge >= 0.3 is 10.1 Å². The third-order valence-corrected chi connectivity index (χ3v) is 5.58. The van der Waals surface area contributed by atoms with Gasteiger partial charge in [0.15, 0.2) is 0 Å². The summed E-state index contributed by atoms with van der Waals surface area (Å²) in [5, 5.41) is 2.83. The van der Waals surface area contributed by atoms with E-state index >= 15 is 0 Å². The van der Waals surface area contributed by atoms with Crippen LogP contribution in [0.3, 0.4) is 0 Å². The van der Waals surface area contributed by atoms with Crippen LogP contribution in [0.5, 0.6) is 0 Å². The van der Waals surface area contributed by atoms with Gasteiger partial charge in [0.25, 0.3) is 0 Å². The van der Waals surface area contributed by atoms with E-state index in [0.29, 0.717) is 17.5 Å². The van der Waals surface area contributed by atoms with Crippen LogP contribution in [0.4, 0.5) is 0 Å². The summed E-state index contributed by atoms with van der Waals surface area (Å²) in [7, 11) is -3.95. The number of rotatable bonds is 6. The number of hydrogen-bond acceptors (Lipinski definition) is 5. The molecule has 25 heavy (non-hydrogen) atoms. The van der Waals surface area contributed by atoms with E-state index in [0.717, 1.165) is 16.7 Å². The highest BCUT2D eigenvalue weighted by Gasteiger charge is 2.29. The Balaban J connectivity index is 2.64. The van der Waals surface area contributed by atoms with E-state index < -0.39 is 10.1 Å². The lowest BCUT2D eigenvalue weighted by molar-refractivity contribution is 0.371. The lowest BCUT2D eigenvalue weighted by atomic mass is 9.89. The first-order valence-corrected chi connectivity index (χ1v) is 10.1. The van der Waals surface area contributed by atoms with Gasteiger partial charge in [0.1, 0.15) is 11.6 Å². The van der Waals surface area contributed by atoms with Crippen molar-refractivity contribution in [1.82, 2.24) is 5.32 Å². The standard InChI is InChI=1S/C19H28N2O3S/c1-12(2)15-9-16(13(3)4)19(17(10-15)14(5)6)25(22,23)24-18-7-8-20-11-21-18/h7-10,12-14,21H,11H2,1-6H3. The highest BCUT2D eigenvalue weighted by atomic mass is 32.2. The second-order valence-corrected chi connectivity index (χ2v) is 8.71. The molecule has 0 saturated heterocycles. The Kier molecular flexibility index (Phi) is 5.93. The molecule has 0 bridgehead atoms. The van der Waals surface area contributed by atoms with Gasteiger partial charge in [-0.1, -0.05) is 53.7 Å². The summed E-state index contributed by atoms with van der Waals surface area (Å²) in [6.07, 6.45) is 3.06. The second kappa shape index (κ2) is 7.60. The third kappa shape index (κ3) is 4.42. The maximum atomic E-state index is 13.1. The van der Waals surface area contributed by atoms with Gasteiger partial charge in [0, 0.05) is 12.3 Å². The summed E-state index contributed by atoms with van der Waals surface area (Å²) in [5.74, 6) is 0.665. The zero-order valence-corrected chi connectivity index (χ0v) is 16.6. The monoisotopic (exact) mass is 364 g/mol. The average molecular weight is 365 g/mol. The minimum Gasteiger partial charge on any atom is -0.360 e. The van der Waals surface area contributed by atoms with E-state index in [9.17, 15) is 8.42 Å². The van der Waals surface area contributed by atoms with Crippen molar-refractivity contribution in [2.24, 2.45) is 4.99 Å². The first-order valence-electron chi connectivity index (χ1n) is 8.69. The molecule has 1 aromatic rings. The summed E-state index contributed by atoms with van der Waals surface area (Å²) < 4.78 is 31.5. The Hall–Kier alpha value is -1.82. The molecular weight excluding hydrogens is 336 g/mol. The fourth-order valence-corrected chi connectivity index (χ4v) is 4.35. The molecule has 1 N–H and O–H groups in total. The molecule has 0 amide bonds. The molecule has 0 radical (unpaired) electrons. The van der Waals surface area contributed by atoms with Crippen LogP contribution in [0.2, 0.25) is 0 Å². The molecule has 5 nitrogen and oxygen atoms in total. The summed E-state index contributed by atoms with van der Waals surface area (Å²) in [5.41, 5.74) is 2.76. The number of benzene rings is 1. The number of hydrogen-bond donors (Lipinski definition) is 1. The predicted octanol–water partition coefficient (Wildman–Crippen LogP) is 4.24. The van der Waals surface area contributed by atoms with Crippen LogP contribution in [0.15, 0.2) is 34.0 Å². The molecule has 1 heterocycles. The van der Waals surface area contributed by atoms with Crippen molar-refractivity contribution in [3.05, 3.63) is 40.8 Å². The molecule has 0 saturated carbocycles. The fraction of sp³-hybridized carbons (Fsp3) is 0.526. The maximum Gasteiger partial charge on any atom is 0.341 e. The molecule has 0 spiro atoms. The predicted molar refractivity (Wildman–Crippen MR) is 102 cm³/mol. The topological polar surface area (TPSA) is 67.8 Å². The van der Waals surface area contributed by atoms with Crippen molar-refractivity contribution >= 4 is 16.3 Å². The number of aliphatic imine (C=N–C) groups is 1. The Morgan fingerprint density at radius 2 is 1.56 bits per heavy atom. The molecule has 1 aliphatic heterocycles. The summed E-state index contributed by atoms with van der Waals surface area (Å²) in [6, 6.07) is 4.00. The smallest absolute Gasteiger partial charge is 0.341 e. The van der Waals surface area contributed by atoms with Crippen molar-refractivity contribution in [3.63, 3.8) is 0 Å². The molecule has 0 atom stereocenters. The van der Waals surface area contributed by atoms with Crippen molar-refractivity contribution in [2.75, 3.05) is 6.67 Å². The van der Waals surface area contributed by atoms with Gasteiger partial charge in [-0.25, -0.2) is 0 Å². The summed E-state index contributed by atoms with van der Waals surface area (Å²) >= 11 is 0.